The topological polar surface area (TPSA) is 0 Å². The normalized spacial score (nSPS) is 15.9. The summed E-state index contributed by atoms with van der Waals surface area (Å²) >= 11 is 6.06. The molecular formula is C14H15Cl. The first-order valence-electron chi connectivity index (χ1n) is 5.55. The molecule has 0 saturated heterocycles. The minimum atomic E-state index is 0.807. The molecule has 0 aliphatic heterocycles. The minimum absolute atomic E-state index is 0.807. The van der Waals surface area contributed by atoms with Crippen molar-refractivity contribution in [3.05, 3.63) is 46.2 Å². The molecule has 0 aromatic heterocycles. The van der Waals surface area contributed by atoms with Crippen LogP contribution in [0.3, 0.4) is 0 Å². The molecule has 1 aromatic rings. The predicted molar refractivity (Wildman–Crippen MR) is 66.0 cm³/mol. The zero-order valence-corrected chi connectivity index (χ0v) is 9.56. The van der Waals surface area contributed by atoms with Gasteiger partial charge in [0.05, 0.1) is 0 Å². The van der Waals surface area contributed by atoms with Crippen LogP contribution >= 0.6 is 11.6 Å². The van der Waals surface area contributed by atoms with E-state index >= 15 is 0 Å². The summed E-state index contributed by atoms with van der Waals surface area (Å²) in [5, 5.41) is 0.807. The summed E-state index contributed by atoms with van der Waals surface area (Å²) in [7, 11) is 0. The first kappa shape index (κ1) is 10.5. The highest BCUT2D eigenvalue weighted by Gasteiger charge is 2.03. The van der Waals surface area contributed by atoms with E-state index in [1.807, 2.05) is 30.3 Å². The van der Waals surface area contributed by atoms with E-state index in [0.717, 1.165) is 10.6 Å². The molecule has 0 bridgehead atoms. The molecule has 1 aromatic carbocycles. The van der Waals surface area contributed by atoms with Crippen molar-refractivity contribution in [1.29, 1.82) is 0 Å². The fraction of sp³-hybridized carbons (Fsp3) is 0.357. The van der Waals surface area contributed by atoms with E-state index < -0.39 is 0 Å². The summed E-state index contributed by atoms with van der Waals surface area (Å²) in [5.41, 5.74) is 5.90. The van der Waals surface area contributed by atoms with Crippen LogP contribution in [0.4, 0.5) is 0 Å². The predicted octanol–water partition coefficient (Wildman–Crippen LogP) is 4.84. The third kappa shape index (κ3) is 2.99. The van der Waals surface area contributed by atoms with Gasteiger partial charge in [-0.25, -0.2) is 0 Å². The third-order valence-electron chi connectivity index (χ3n) is 2.79. The fourth-order valence-electron chi connectivity index (χ4n) is 1.89. The summed E-state index contributed by atoms with van der Waals surface area (Å²) in [6.07, 6.45) is 8.44. The second kappa shape index (κ2) is 5.21. The Morgan fingerprint density at radius 2 is 1.80 bits per heavy atom. The Kier molecular flexibility index (Phi) is 3.66. The fourth-order valence-corrected chi connectivity index (χ4v) is 2.09. The van der Waals surface area contributed by atoms with Gasteiger partial charge in [-0.2, -0.15) is 0 Å². The van der Waals surface area contributed by atoms with Gasteiger partial charge in [0.15, 0.2) is 0 Å². The molecule has 0 heterocycles. The van der Waals surface area contributed by atoms with E-state index in [0.29, 0.717) is 0 Å². The summed E-state index contributed by atoms with van der Waals surface area (Å²) < 4.78 is 0. The molecule has 0 nitrogen and oxygen atoms in total. The molecule has 1 heteroatoms. The second-order valence-electron chi connectivity index (χ2n) is 3.97. The van der Waals surface area contributed by atoms with Crippen molar-refractivity contribution in [3.63, 3.8) is 0 Å². The standard InChI is InChI=1S/C14H15Cl/c15-14-9-5-4-8-13(14)11-10-12-6-2-1-3-7-12/h4-5,8-9,11H,1-3,6-7H2. The lowest BCUT2D eigenvalue weighted by Gasteiger charge is -2.10. The lowest BCUT2D eigenvalue weighted by Crippen LogP contribution is -1.91. The Bertz CT molecular complexity index is 390. The monoisotopic (exact) mass is 218 g/mol. The average molecular weight is 219 g/mol. The van der Waals surface area contributed by atoms with Crippen LogP contribution in [0, 0.1) is 0 Å². The van der Waals surface area contributed by atoms with Crippen LogP contribution in [0.5, 0.6) is 0 Å². The highest BCUT2D eigenvalue weighted by molar-refractivity contribution is 6.32. The van der Waals surface area contributed by atoms with Crippen LogP contribution in [0.25, 0.3) is 6.08 Å². The molecule has 1 aliphatic carbocycles. The van der Waals surface area contributed by atoms with Gasteiger partial charge in [-0.3, -0.25) is 0 Å². The van der Waals surface area contributed by atoms with Crippen molar-refractivity contribution in [1.82, 2.24) is 0 Å². The zero-order valence-electron chi connectivity index (χ0n) is 8.80. The SMILES string of the molecule is Clc1ccccc1C=C=C1CCCCC1. The molecule has 78 valence electrons. The van der Waals surface area contributed by atoms with Crippen LogP contribution < -0.4 is 0 Å². The highest BCUT2D eigenvalue weighted by atomic mass is 35.5. The van der Waals surface area contributed by atoms with Crippen molar-refractivity contribution in [2.24, 2.45) is 0 Å². The Hall–Kier alpha value is -0.970. The van der Waals surface area contributed by atoms with Gasteiger partial charge in [0.25, 0.3) is 0 Å². The largest absolute Gasteiger partial charge is 0.121 e. The van der Waals surface area contributed by atoms with Crippen molar-refractivity contribution < 1.29 is 0 Å². The summed E-state index contributed by atoms with van der Waals surface area (Å²) in [5.74, 6) is 0. The van der Waals surface area contributed by atoms with Gasteiger partial charge in [0.1, 0.15) is 0 Å². The summed E-state index contributed by atoms with van der Waals surface area (Å²) in [6.45, 7) is 0. The molecule has 2 rings (SSSR count). The van der Waals surface area contributed by atoms with Crippen LogP contribution in [-0.2, 0) is 0 Å². The van der Waals surface area contributed by atoms with Gasteiger partial charge in [-0.15, -0.1) is 5.73 Å². The molecule has 1 saturated carbocycles. The molecule has 0 unspecified atom stereocenters. The molecule has 0 N–H and O–H groups in total. The molecule has 0 atom stereocenters. The number of hydrogen-bond acceptors (Lipinski definition) is 0. The molecule has 1 aliphatic rings. The third-order valence-corrected chi connectivity index (χ3v) is 3.14. The van der Waals surface area contributed by atoms with Gasteiger partial charge in [-0.1, -0.05) is 36.2 Å². The maximum atomic E-state index is 6.06. The molecule has 0 amide bonds. The van der Waals surface area contributed by atoms with E-state index in [-0.39, 0.29) is 0 Å². The van der Waals surface area contributed by atoms with Gasteiger partial charge in [0, 0.05) is 10.6 Å². The lowest BCUT2D eigenvalue weighted by atomic mass is 9.95. The van der Waals surface area contributed by atoms with Crippen molar-refractivity contribution in [2.75, 3.05) is 0 Å². The van der Waals surface area contributed by atoms with E-state index in [2.05, 4.69) is 5.73 Å². The van der Waals surface area contributed by atoms with Gasteiger partial charge >= 0.3 is 0 Å². The van der Waals surface area contributed by atoms with Gasteiger partial charge < -0.3 is 0 Å². The van der Waals surface area contributed by atoms with Crippen LogP contribution in [0.1, 0.15) is 37.7 Å². The van der Waals surface area contributed by atoms with Crippen molar-refractivity contribution in [3.8, 4) is 0 Å². The van der Waals surface area contributed by atoms with Crippen LogP contribution in [0.2, 0.25) is 5.02 Å². The van der Waals surface area contributed by atoms with E-state index in [4.69, 9.17) is 11.6 Å². The number of allylic oxidation sites excluding steroid dienone is 1. The number of rotatable bonds is 1. The molecule has 0 spiro atoms. The van der Waals surface area contributed by atoms with Crippen molar-refractivity contribution >= 4 is 17.7 Å². The van der Waals surface area contributed by atoms with Crippen molar-refractivity contribution in [2.45, 2.75) is 32.1 Å². The molecule has 1 fully saturated rings. The highest BCUT2D eigenvalue weighted by Crippen LogP contribution is 2.22. The van der Waals surface area contributed by atoms with Crippen LogP contribution in [-0.4, -0.2) is 0 Å². The molecule has 0 radical (unpaired) electrons. The van der Waals surface area contributed by atoms with Gasteiger partial charge in [0.2, 0.25) is 0 Å². The van der Waals surface area contributed by atoms with E-state index in [9.17, 15) is 0 Å². The maximum Gasteiger partial charge on any atom is 0.0484 e. The van der Waals surface area contributed by atoms with Crippen LogP contribution in [0.15, 0.2) is 35.6 Å². The average Bonchev–Trinajstić information content (AvgIpc) is 2.29. The smallest absolute Gasteiger partial charge is 0.0484 e. The molecular weight excluding hydrogens is 204 g/mol. The maximum absolute atomic E-state index is 6.06. The Morgan fingerprint density at radius 1 is 1.07 bits per heavy atom. The Labute approximate surface area is 96.3 Å². The quantitative estimate of drug-likeness (QED) is 0.592. The number of halogens is 1. The summed E-state index contributed by atoms with van der Waals surface area (Å²) in [6, 6.07) is 7.90. The minimum Gasteiger partial charge on any atom is -0.121 e. The zero-order chi connectivity index (χ0) is 10.5. The Balaban J connectivity index is 2.19. The Morgan fingerprint density at radius 3 is 2.53 bits per heavy atom. The van der Waals surface area contributed by atoms with Gasteiger partial charge in [-0.05, 0) is 43.4 Å². The summed E-state index contributed by atoms with van der Waals surface area (Å²) in [4.78, 5) is 0. The molecule has 15 heavy (non-hydrogen) atoms. The second-order valence-corrected chi connectivity index (χ2v) is 4.38. The first-order chi connectivity index (χ1) is 7.36. The number of benzene rings is 1. The number of hydrogen-bond donors (Lipinski definition) is 0. The van der Waals surface area contributed by atoms with E-state index in [1.54, 1.807) is 0 Å². The lowest BCUT2D eigenvalue weighted by molar-refractivity contribution is 0.600. The van der Waals surface area contributed by atoms with E-state index in [1.165, 1.54) is 37.7 Å². The first-order valence-corrected chi connectivity index (χ1v) is 5.93.